The predicted molar refractivity (Wildman–Crippen MR) is 108 cm³/mol. The lowest BCUT2D eigenvalue weighted by Crippen LogP contribution is -3.12. The number of carbonyl (C=O) groups excluding carboxylic acids is 2. The Morgan fingerprint density at radius 3 is 2.75 bits per heavy atom. The molecule has 1 aliphatic rings. The topological polar surface area (TPSA) is 75.6 Å². The van der Waals surface area contributed by atoms with Crippen LogP contribution in [-0.4, -0.2) is 37.1 Å². The molecule has 0 radical (unpaired) electrons. The number of nitrogens with one attached hydrogen (secondary N) is 3. The van der Waals surface area contributed by atoms with Crippen LogP contribution < -0.4 is 10.2 Å². The molecule has 0 saturated heterocycles. The van der Waals surface area contributed by atoms with E-state index in [0.29, 0.717) is 12.2 Å². The van der Waals surface area contributed by atoms with Gasteiger partial charge in [0.2, 0.25) is 0 Å². The first-order valence-electron chi connectivity index (χ1n) is 9.46. The second-order valence-corrected chi connectivity index (χ2v) is 7.34. The number of esters is 1. The molecule has 0 aliphatic carbocycles. The van der Waals surface area contributed by atoms with Gasteiger partial charge in [0.1, 0.15) is 12.2 Å². The van der Waals surface area contributed by atoms with E-state index >= 15 is 0 Å². The van der Waals surface area contributed by atoms with Gasteiger partial charge < -0.3 is 19.9 Å². The van der Waals surface area contributed by atoms with Crippen LogP contribution in [0, 0.1) is 6.92 Å². The summed E-state index contributed by atoms with van der Waals surface area (Å²) < 4.78 is 4.88. The van der Waals surface area contributed by atoms with Crippen molar-refractivity contribution in [3.05, 3.63) is 64.8 Å². The minimum absolute atomic E-state index is 0.110. The molecule has 4 rings (SSSR count). The van der Waals surface area contributed by atoms with Crippen molar-refractivity contribution >= 4 is 28.5 Å². The Balaban J connectivity index is 1.54. The van der Waals surface area contributed by atoms with E-state index in [-0.39, 0.29) is 11.6 Å². The van der Waals surface area contributed by atoms with Crippen LogP contribution in [0.5, 0.6) is 0 Å². The summed E-state index contributed by atoms with van der Waals surface area (Å²) in [5.41, 5.74) is 5.30. The minimum Gasteiger partial charge on any atom is -0.464 e. The van der Waals surface area contributed by atoms with E-state index in [9.17, 15) is 9.59 Å². The Kier molecular flexibility index (Phi) is 4.88. The van der Waals surface area contributed by atoms with Gasteiger partial charge in [0.15, 0.2) is 6.54 Å². The normalized spacial score (nSPS) is 15.9. The summed E-state index contributed by atoms with van der Waals surface area (Å²) >= 11 is 0. The van der Waals surface area contributed by atoms with Gasteiger partial charge in [-0.05, 0) is 24.1 Å². The number of hydrogen-bond acceptors (Lipinski definition) is 3. The maximum absolute atomic E-state index is 12.8. The first kappa shape index (κ1) is 18.3. The monoisotopic (exact) mass is 378 g/mol. The molecule has 0 bridgehead atoms. The fourth-order valence-corrected chi connectivity index (χ4v) is 3.90. The highest BCUT2D eigenvalue weighted by Crippen LogP contribution is 2.29. The van der Waals surface area contributed by atoms with Gasteiger partial charge in [-0.2, -0.15) is 0 Å². The van der Waals surface area contributed by atoms with Crippen LogP contribution in [0.3, 0.4) is 0 Å². The van der Waals surface area contributed by atoms with E-state index in [4.69, 9.17) is 4.74 Å². The molecule has 0 spiro atoms. The Labute approximate surface area is 163 Å². The molecular formula is C22H24N3O3+. The highest BCUT2D eigenvalue weighted by molar-refractivity contribution is 6.11. The van der Waals surface area contributed by atoms with E-state index < -0.39 is 5.97 Å². The van der Waals surface area contributed by atoms with Gasteiger partial charge in [0.25, 0.3) is 5.91 Å². The number of anilines is 1. The Bertz CT molecular complexity index is 1050. The summed E-state index contributed by atoms with van der Waals surface area (Å²) in [5, 5.41) is 3.75. The van der Waals surface area contributed by atoms with Gasteiger partial charge in [0, 0.05) is 22.9 Å². The molecule has 28 heavy (non-hydrogen) atoms. The maximum atomic E-state index is 12.8. The fourth-order valence-electron chi connectivity index (χ4n) is 3.90. The van der Waals surface area contributed by atoms with E-state index in [1.807, 2.05) is 31.2 Å². The lowest BCUT2D eigenvalue weighted by Gasteiger charge is -2.25. The van der Waals surface area contributed by atoms with Crippen LogP contribution in [-0.2, 0) is 22.5 Å². The predicted octanol–water partition coefficient (Wildman–Crippen LogP) is 1.84. The Morgan fingerprint density at radius 1 is 1.18 bits per heavy atom. The molecule has 2 heterocycles. The average Bonchev–Trinajstić information content (AvgIpc) is 3.04. The molecule has 1 aliphatic heterocycles. The van der Waals surface area contributed by atoms with Crippen molar-refractivity contribution in [1.82, 2.24) is 4.98 Å². The smallest absolute Gasteiger partial charge is 0.356 e. The van der Waals surface area contributed by atoms with Crippen molar-refractivity contribution in [2.45, 2.75) is 19.9 Å². The van der Waals surface area contributed by atoms with Gasteiger partial charge in [-0.3, -0.25) is 4.79 Å². The highest BCUT2D eigenvalue weighted by Gasteiger charge is 2.24. The van der Waals surface area contributed by atoms with Crippen molar-refractivity contribution < 1.29 is 19.2 Å². The number of quaternary nitrogens is 1. The lowest BCUT2D eigenvalue weighted by molar-refractivity contribution is -0.907. The van der Waals surface area contributed by atoms with Crippen molar-refractivity contribution in [3.63, 3.8) is 0 Å². The zero-order valence-corrected chi connectivity index (χ0v) is 16.1. The van der Waals surface area contributed by atoms with Gasteiger partial charge in [0.05, 0.1) is 19.3 Å². The highest BCUT2D eigenvalue weighted by atomic mass is 16.5. The van der Waals surface area contributed by atoms with Gasteiger partial charge in [-0.1, -0.05) is 36.4 Å². The van der Waals surface area contributed by atoms with Crippen LogP contribution in [0.15, 0.2) is 42.5 Å². The number of amides is 1. The van der Waals surface area contributed by atoms with Gasteiger partial charge in [-0.25, -0.2) is 4.79 Å². The first-order valence-corrected chi connectivity index (χ1v) is 9.46. The third-order valence-electron chi connectivity index (χ3n) is 5.33. The summed E-state index contributed by atoms with van der Waals surface area (Å²) in [6.07, 6.45) is 0.971. The largest absolute Gasteiger partial charge is 0.464 e. The van der Waals surface area contributed by atoms with Crippen molar-refractivity contribution in [3.8, 4) is 0 Å². The third kappa shape index (κ3) is 3.51. The lowest BCUT2D eigenvalue weighted by atomic mass is 10.00. The number of methoxy groups -OCH3 is 1. The molecule has 0 fully saturated rings. The second-order valence-electron chi connectivity index (χ2n) is 7.34. The number of aromatic nitrogens is 1. The average molecular weight is 378 g/mol. The number of ether oxygens (including phenoxy) is 1. The van der Waals surface area contributed by atoms with Crippen LogP contribution in [0.2, 0.25) is 0 Å². The number of H-pyrrole nitrogens is 1. The minimum atomic E-state index is -0.497. The molecule has 3 aromatic rings. The number of aryl methyl sites for hydroxylation is 1. The molecule has 1 unspecified atom stereocenters. The van der Waals surface area contributed by atoms with Crippen molar-refractivity contribution in [2.24, 2.45) is 0 Å². The van der Waals surface area contributed by atoms with E-state index in [2.05, 4.69) is 28.5 Å². The molecule has 2 aromatic carbocycles. The number of hydrogen-bond donors (Lipinski definition) is 3. The summed E-state index contributed by atoms with van der Waals surface area (Å²) in [6.45, 7) is 4.09. The number of fused-ring (bicyclic) bond motifs is 2. The number of aromatic amines is 1. The number of carbonyl (C=O) groups is 2. The molecule has 6 heteroatoms. The van der Waals surface area contributed by atoms with Crippen LogP contribution in [0.25, 0.3) is 10.9 Å². The summed E-state index contributed by atoms with van der Waals surface area (Å²) in [6, 6.07) is 14.2. The van der Waals surface area contributed by atoms with Gasteiger partial charge >= 0.3 is 5.97 Å². The molecule has 6 nitrogen and oxygen atoms in total. The summed E-state index contributed by atoms with van der Waals surface area (Å²) in [5.74, 6) is -0.607. The summed E-state index contributed by atoms with van der Waals surface area (Å²) in [4.78, 5) is 29.3. The first-order chi connectivity index (χ1) is 13.5. The quantitative estimate of drug-likeness (QED) is 0.607. The molecule has 0 saturated carbocycles. The van der Waals surface area contributed by atoms with Crippen LogP contribution >= 0.6 is 0 Å². The molecule has 3 N–H and O–H groups in total. The second kappa shape index (κ2) is 7.48. The zero-order chi connectivity index (χ0) is 19.7. The van der Waals surface area contributed by atoms with Crippen LogP contribution in [0.4, 0.5) is 5.69 Å². The fraction of sp³-hybridized carbons (Fsp3) is 0.273. The summed E-state index contributed by atoms with van der Waals surface area (Å²) in [7, 11) is 1.33. The molecule has 1 atom stereocenters. The van der Waals surface area contributed by atoms with Gasteiger partial charge in [-0.15, -0.1) is 0 Å². The van der Waals surface area contributed by atoms with E-state index in [0.717, 1.165) is 36.0 Å². The maximum Gasteiger partial charge on any atom is 0.356 e. The molecule has 1 aromatic heterocycles. The SMILES string of the molecule is COC(=O)c1[nH]c2cc(C)ccc2c1NC(=O)C[NH+]1CCc2ccccc2C1. The number of rotatable bonds is 4. The molecular weight excluding hydrogens is 354 g/mol. The van der Waals surface area contributed by atoms with E-state index in [1.54, 1.807) is 0 Å². The Morgan fingerprint density at radius 2 is 1.96 bits per heavy atom. The zero-order valence-electron chi connectivity index (χ0n) is 16.1. The van der Waals surface area contributed by atoms with E-state index in [1.165, 1.54) is 23.1 Å². The third-order valence-corrected chi connectivity index (χ3v) is 5.33. The van der Waals surface area contributed by atoms with Crippen molar-refractivity contribution in [2.75, 3.05) is 25.5 Å². The number of benzene rings is 2. The van der Waals surface area contributed by atoms with Crippen LogP contribution in [0.1, 0.15) is 27.2 Å². The standard InChI is InChI=1S/C22H23N3O3/c1-14-7-8-17-18(11-14)23-21(22(27)28-2)20(17)24-19(26)13-25-10-9-15-5-3-4-6-16(15)12-25/h3-8,11,23H,9-10,12-13H2,1-2H3,(H,24,26)/p+1. The Hall–Kier alpha value is -3.12. The molecule has 144 valence electrons. The van der Waals surface area contributed by atoms with Crippen molar-refractivity contribution in [1.29, 1.82) is 0 Å². The molecule has 1 amide bonds.